The number of aryl methyl sites for hydroxylation is 1. The molecule has 11 heteroatoms. The molecule has 0 radical (unpaired) electrons. The molecule has 10 nitrogen and oxygen atoms in total. The lowest BCUT2D eigenvalue weighted by Crippen LogP contribution is -2.13. The molecule has 0 spiro atoms. The highest BCUT2D eigenvalue weighted by molar-refractivity contribution is 7.87. The number of nitro groups is 1. The van der Waals surface area contributed by atoms with Crippen LogP contribution in [0, 0.1) is 28.4 Å². The first-order valence-electron chi connectivity index (χ1n) is 10.00. The molecule has 3 rings (SSSR count). The SMILES string of the molecule is COc1cc(/C=C(\C#N)C(=O)Nc2ccc([N+](=O)[O-])cc2)ccc1OS(=O)(=O)c1ccc(C)cc1. The second-order valence-electron chi connectivity index (χ2n) is 7.19. The van der Waals surface area contributed by atoms with Crippen LogP contribution in [0.25, 0.3) is 6.08 Å². The van der Waals surface area contributed by atoms with E-state index in [0.29, 0.717) is 5.56 Å². The molecule has 0 aromatic heterocycles. The molecule has 178 valence electrons. The molecule has 35 heavy (non-hydrogen) atoms. The van der Waals surface area contributed by atoms with Gasteiger partial charge in [-0.05, 0) is 55.0 Å². The predicted octanol–water partition coefficient (Wildman–Crippen LogP) is 4.23. The minimum atomic E-state index is -4.11. The second-order valence-corrected chi connectivity index (χ2v) is 8.74. The molecule has 0 aliphatic rings. The van der Waals surface area contributed by atoms with E-state index in [4.69, 9.17) is 8.92 Å². The molecule has 0 unspecified atom stereocenters. The summed E-state index contributed by atoms with van der Waals surface area (Å²) in [5.41, 5.74) is 1.13. The summed E-state index contributed by atoms with van der Waals surface area (Å²) in [4.78, 5) is 22.6. The van der Waals surface area contributed by atoms with Gasteiger partial charge in [-0.15, -0.1) is 0 Å². The molecule has 1 amide bonds. The van der Waals surface area contributed by atoms with E-state index in [0.717, 1.165) is 5.56 Å². The molecular formula is C24H19N3O7S. The van der Waals surface area contributed by atoms with Gasteiger partial charge in [-0.2, -0.15) is 13.7 Å². The first-order valence-corrected chi connectivity index (χ1v) is 11.4. The van der Waals surface area contributed by atoms with E-state index in [9.17, 15) is 28.6 Å². The van der Waals surface area contributed by atoms with E-state index in [1.807, 2.05) is 6.92 Å². The summed E-state index contributed by atoms with van der Waals surface area (Å²) in [6.07, 6.45) is 1.28. The van der Waals surface area contributed by atoms with E-state index in [1.165, 1.54) is 67.8 Å². The summed E-state index contributed by atoms with van der Waals surface area (Å²) in [5, 5.41) is 22.7. The van der Waals surface area contributed by atoms with Crippen molar-refractivity contribution in [1.29, 1.82) is 5.26 Å². The fourth-order valence-electron chi connectivity index (χ4n) is 2.89. The van der Waals surface area contributed by atoms with Gasteiger partial charge in [0.25, 0.3) is 11.6 Å². The first-order chi connectivity index (χ1) is 16.6. The van der Waals surface area contributed by atoms with Crippen LogP contribution < -0.4 is 14.2 Å². The fraction of sp³-hybridized carbons (Fsp3) is 0.0833. The Morgan fingerprint density at radius 1 is 1.06 bits per heavy atom. The number of carbonyl (C=O) groups excluding carboxylic acids is 1. The van der Waals surface area contributed by atoms with Gasteiger partial charge in [0.2, 0.25) is 0 Å². The maximum atomic E-state index is 12.6. The van der Waals surface area contributed by atoms with Crippen molar-refractivity contribution in [3.63, 3.8) is 0 Å². The Morgan fingerprint density at radius 2 is 1.71 bits per heavy atom. The molecule has 0 saturated heterocycles. The topological polar surface area (TPSA) is 149 Å². The number of rotatable bonds is 8. The number of benzene rings is 3. The predicted molar refractivity (Wildman–Crippen MR) is 127 cm³/mol. The maximum absolute atomic E-state index is 12.6. The quantitative estimate of drug-likeness (QED) is 0.161. The lowest BCUT2D eigenvalue weighted by Gasteiger charge is -2.12. The molecule has 0 fully saturated rings. The van der Waals surface area contributed by atoms with Crippen LogP contribution in [0.3, 0.4) is 0 Å². The number of nitriles is 1. The Kier molecular flexibility index (Phi) is 7.48. The number of non-ortho nitro benzene ring substituents is 1. The zero-order valence-corrected chi connectivity index (χ0v) is 19.4. The summed E-state index contributed by atoms with van der Waals surface area (Å²) in [6.45, 7) is 1.83. The van der Waals surface area contributed by atoms with Gasteiger partial charge < -0.3 is 14.2 Å². The Labute approximate surface area is 201 Å². The Bertz CT molecular complexity index is 1440. The van der Waals surface area contributed by atoms with E-state index >= 15 is 0 Å². The highest BCUT2D eigenvalue weighted by Gasteiger charge is 2.19. The zero-order chi connectivity index (χ0) is 25.6. The summed E-state index contributed by atoms with van der Waals surface area (Å²) in [6, 6.07) is 17.3. The van der Waals surface area contributed by atoms with Crippen molar-refractivity contribution in [2.75, 3.05) is 12.4 Å². The van der Waals surface area contributed by atoms with Crippen molar-refractivity contribution in [3.05, 3.63) is 93.5 Å². The van der Waals surface area contributed by atoms with Gasteiger partial charge in [-0.3, -0.25) is 14.9 Å². The smallest absolute Gasteiger partial charge is 0.339 e. The monoisotopic (exact) mass is 493 g/mol. The van der Waals surface area contributed by atoms with Crippen molar-refractivity contribution in [2.45, 2.75) is 11.8 Å². The van der Waals surface area contributed by atoms with Crippen LogP contribution in [-0.2, 0) is 14.9 Å². The van der Waals surface area contributed by atoms with Gasteiger partial charge in [0, 0.05) is 17.8 Å². The van der Waals surface area contributed by atoms with Crippen molar-refractivity contribution in [1.82, 2.24) is 0 Å². The standard InChI is InChI=1S/C24H19N3O7S/c1-16-3-10-21(11-4-16)35(31,32)34-22-12-5-17(14-23(22)33-2)13-18(15-25)24(28)26-19-6-8-20(9-7-19)27(29)30/h3-14H,1-2H3,(H,26,28)/b18-13+. The van der Waals surface area contributed by atoms with Gasteiger partial charge in [0.15, 0.2) is 11.5 Å². The summed E-state index contributed by atoms with van der Waals surface area (Å²) < 4.78 is 35.6. The highest BCUT2D eigenvalue weighted by atomic mass is 32.2. The van der Waals surface area contributed by atoms with Crippen LogP contribution in [0.5, 0.6) is 11.5 Å². The van der Waals surface area contributed by atoms with E-state index < -0.39 is 20.9 Å². The molecule has 0 atom stereocenters. The fourth-order valence-corrected chi connectivity index (χ4v) is 3.83. The normalized spacial score (nSPS) is 11.3. The molecule has 0 saturated carbocycles. The molecular weight excluding hydrogens is 474 g/mol. The number of amides is 1. The maximum Gasteiger partial charge on any atom is 0.339 e. The van der Waals surface area contributed by atoms with Crippen molar-refractivity contribution < 1.29 is 27.1 Å². The van der Waals surface area contributed by atoms with Gasteiger partial charge in [-0.1, -0.05) is 23.8 Å². The largest absolute Gasteiger partial charge is 0.493 e. The molecule has 0 aliphatic carbocycles. The van der Waals surface area contributed by atoms with Crippen molar-refractivity contribution in [2.24, 2.45) is 0 Å². The van der Waals surface area contributed by atoms with E-state index in [-0.39, 0.29) is 33.3 Å². The summed E-state index contributed by atoms with van der Waals surface area (Å²) in [5.74, 6) is -0.732. The number of anilines is 1. The van der Waals surface area contributed by atoms with Gasteiger partial charge in [-0.25, -0.2) is 0 Å². The Hall–Kier alpha value is -4.69. The molecule has 3 aromatic carbocycles. The van der Waals surface area contributed by atoms with Gasteiger partial charge in [0.05, 0.1) is 12.0 Å². The van der Waals surface area contributed by atoms with Crippen LogP contribution in [0.4, 0.5) is 11.4 Å². The molecule has 0 aliphatic heterocycles. The molecule has 3 aromatic rings. The number of carbonyl (C=O) groups is 1. The van der Waals surface area contributed by atoms with Crippen molar-refractivity contribution in [3.8, 4) is 17.6 Å². The van der Waals surface area contributed by atoms with Crippen LogP contribution >= 0.6 is 0 Å². The van der Waals surface area contributed by atoms with Gasteiger partial charge >= 0.3 is 10.1 Å². The second kappa shape index (κ2) is 10.5. The Balaban J connectivity index is 1.81. The molecule has 1 N–H and O–H groups in total. The molecule has 0 heterocycles. The van der Waals surface area contributed by atoms with Crippen LogP contribution in [-0.4, -0.2) is 26.4 Å². The average molecular weight is 493 g/mol. The third-order valence-electron chi connectivity index (χ3n) is 4.71. The lowest BCUT2D eigenvalue weighted by atomic mass is 10.1. The first kappa shape index (κ1) is 24.9. The van der Waals surface area contributed by atoms with Gasteiger partial charge in [0.1, 0.15) is 16.5 Å². The number of methoxy groups -OCH3 is 1. The number of hydrogen-bond acceptors (Lipinski definition) is 8. The zero-order valence-electron chi connectivity index (χ0n) is 18.6. The number of ether oxygens (including phenoxy) is 1. The minimum absolute atomic E-state index is 0.0243. The van der Waals surface area contributed by atoms with Crippen LogP contribution in [0.15, 0.2) is 77.2 Å². The molecule has 0 bridgehead atoms. The summed E-state index contributed by atoms with van der Waals surface area (Å²) in [7, 11) is -2.79. The van der Waals surface area contributed by atoms with E-state index in [2.05, 4.69) is 5.32 Å². The minimum Gasteiger partial charge on any atom is -0.493 e. The van der Waals surface area contributed by atoms with Crippen LogP contribution in [0.2, 0.25) is 0 Å². The lowest BCUT2D eigenvalue weighted by molar-refractivity contribution is -0.384. The number of nitrogens with zero attached hydrogens (tertiary/aromatic N) is 2. The average Bonchev–Trinajstić information content (AvgIpc) is 2.83. The highest BCUT2D eigenvalue weighted by Crippen LogP contribution is 2.31. The van der Waals surface area contributed by atoms with Crippen LogP contribution in [0.1, 0.15) is 11.1 Å². The number of nitro benzene ring substituents is 1. The summed E-state index contributed by atoms with van der Waals surface area (Å²) >= 11 is 0. The number of hydrogen-bond donors (Lipinski definition) is 1. The Morgan fingerprint density at radius 3 is 2.29 bits per heavy atom. The van der Waals surface area contributed by atoms with Crippen molar-refractivity contribution >= 4 is 33.5 Å². The van der Waals surface area contributed by atoms with E-state index in [1.54, 1.807) is 18.2 Å². The third kappa shape index (κ3) is 6.21. The number of nitrogens with one attached hydrogen (secondary N) is 1. The third-order valence-corrected chi connectivity index (χ3v) is 5.96.